The fourth-order valence-electron chi connectivity index (χ4n) is 3.93. The summed E-state index contributed by atoms with van der Waals surface area (Å²) >= 11 is 0. The molecule has 0 unspecified atom stereocenters. The number of pyridine rings is 1. The van der Waals surface area contributed by atoms with Crippen molar-refractivity contribution in [3.05, 3.63) is 68.1 Å². The van der Waals surface area contributed by atoms with E-state index in [2.05, 4.69) is 27.8 Å². The van der Waals surface area contributed by atoms with Gasteiger partial charge in [0.15, 0.2) is 5.78 Å². The van der Waals surface area contributed by atoms with Crippen molar-refractivity contribution in [1.29, 1.82) is 0 Å². The third kappa shape index (κ3) is 3.88. The highest BCUT2D eigenvalue weighted by atomic mass is 35.5. The van der Waals surface area contributed by atoms with Crippen LogP contribution in [0.2, 0.25) is 0 Å². The molecule has 7 heteroatoms. The van der Waals surface area contributed by atoms with Crippen molar-refractivity contribution in [3.63, 3.8) is 0 Å². The zero-order chi connectivity index (χ0) is 19.2. The van der Waals surface area contributed by atoms with Crippen LogP contribution in [0.25, 0.3) is 0 Å². The summed E-state index contributed by atoms with van der Waals surface area (Å²) in [6.45, 7) is 6.04. The Balaban J connectivity index is 0.00000225. The smallest absolute Gasteiger partial charge is 0.261 e. The molecule has 0 radical (unpaired) electrons. The van der Waals surface area contributed by atoms with E-state index >= 15 is 0 Å². The third-order valence-corrected chi connectivity index (χ3v) is 5.32. The molecule has 2 aromatic rings. The van der Waals surface area contributed by atoms with Crippen LogP contribution in [0.5, 0.6) is 0 Å². The van der Waals surface area contributed by atoms with Gasteiger partial charge < -0.3 is 15.6 Å². The van der Waals surface area contributed by atoms with Crippen LogP contribution < -0.4 is 16.2 Å². The van der Waals surface area contributed by atoms with Crippen molar-refractivity contribution in [1.82, 2.24) is 15.6 Å². The maximum absolute atomic E-state index is 12.5. The Labute approximate surface area is 169 Å². The molecule has 2 aliphatic rings. The summed E-state index contributed by atoms with van der Waals surface area (Å²) in [5.41, 5.74) is 3.95. The maximum atomic E-state index is 12.5. The van der Waals surface area contributed by atoms with Gasteiger partial charge in [0.05, 0.1) is 0 Å². The summed E-state index contributed by atoms with van der Waals surface area (Å²) in [6.07, 6.45) is 1.03. The van der Waals surface area contributed by atoms with Gasteiger partial charge in [0.1, 0.15) is 5.56 Å². The molecule has 0 bridgehead atoms. The molecule has 0 fully saturated rings. The Morgan fingerprint density at radius 2 is 1.86 bits per heavy atom. The van der Waals surface area contributed by atoms with Gasteiger partial charge in [0.2, 0.25) is 0 Å². The first-order chi connectivity index (χ1) is 12.8. The van der Waals surface area contributed by atoms with Crippen molar-refractivity contribution >= 4 is 24.1 Å². The molecular weight excluding hydrogens is 378 g/mol. The predicted molar refractivity (Wildman–Crippen MR) is 109 cm³/mol. The molecule has 1 aromatic heterocycles. The van der Waals surface area contributed by atoms with Crippen molar-refractivity contribution < 1.29 is 9.59 Å². The van der Waals surface area contributed by atoms with Gasteiger partial charge in [0.25, 0.3) is 11.5 Å². The first kappa shape index (κ1) is 20.3. The Morgan fingerprint density at radius 3 is 2.64 bits per heavy atom. The van der Waals surface area contributed by atoms with Gasteiger partial charge in [-0.3, -0.25) is 14.4 Å². The maximum Gasteiger partial charge on any atom is 0.261 e. The zero-order valence-electron chi connectivity index (χ0n) is 16.0. The van der Waals surface area contributed by atoms with Gasteiger partial charge in [-0.2, -0.15) is 0 Å². The standard InChI is InChI=1S/C21H23N3O3.ClH/c1-21(2)7-17-15(18(25)8-21)6-16(20(27)24-17)19(26)23-9-12-3-4-13-10-22-11-14(13)5-12;/h3-6,22H,7-11H2,1-2H3,(H,23,26)(H,24,27);1H. The lowest BCUT2D eigenvalue weighted by molar-refractivity contribution is 0.0910. The highest BCUT2D eigenvalue weighted by Crippen LogP contribution is 2.33. The number of hydrogen-bond donors (Lipinski definition) is 3. The number of halogens is 1. The van der Waals surface area contributed by atoms with Crippen molar-refractivity contribution in [2.75, 3.05) is 0 Å². The van der Waals surface area contributed by atoms with Gasteiger partial charge in [-0.15, -0.1) is 12.4 Å². The fraction of sp³-hybridized carbons (Fsp3) is 0.381. The topological polar surface area (TPSA) is 91.1 Å². The average Bonchev–Trinajstić information content (AvgIpc) is 3.05. The Bertz CT molecular complexity index is 1010. The molecule has 1 aliphatic heterocycles. The number of amides is 1. The first-order valence-electron chi connectivity index (χ1n) is 9.21. The Morgan fingerprint density at radius 1 is 1.11 bits per heavy atom. The molecule has 3 N–H and O–H groups in total. The molecule has 1 aromatic carbocycles. The van der Waals surface area contributed by atoms with Crippen molar-refractivity contribution in [2.24, 2.45) is 5.41 Å². The fourth-order valence-corrected chi connectivity index (χ4v) is 3.93. The molecular formula is C21H24ClN3O3. The van der Waals surface area contributed by atoms with E-state index in [0.717, 1.165) is 18.7 Å². The molecule has 0 saturated carbocycles. The van der Waals surface area contributed by atoms with E-state index in [1.54, 1.807) is 0 Å². The monoisotopic (exact) mass is 401 g/mol. The Kier molecular flexibility index (Phi) is 5.46. The molecule has 0 atom stereocenters. The number of nitrogens with one attached hydrogen (secondary N) is 3. The molecule has 28 heavy (non-hydrogen) atoms. The van der Waals surface area contributed by atoms with Crippen LogP contribution in [0.1, 0.15) is 63.4 Å². The minimum Gasteiger partial charge on any atom is -0.348 e. The number of benzene rings is 1. The van der Waals surface area contributed by atoms with Gasteiger partial charge in [-0.1, -0.05) is 32.0 Å². The SMILES string of the molecule is CC1(C)CC(=O)c2cc(C(=O)NCc3ccc4c(c3)CNC4)c(=O)[nH]c2C1.Cl. The second kappa shape index (κ2) is 7.53. The number of Topliss-reactive ketones (excluding diaryl/α,β-unsaturated/α-hetero) is 1. The molecule has 148 valence electrons. The summed E-state index contributed by atoms with van der Waals surface area (Å²) < 4.78 is 0. The van der Waals surface area contributed by atoms with Crippen LogP contribution in [0.4, 0.5) is 0 Å². The summed E-state index contributed by atoms with van der Waals surface area (Å²) in [5.74, 6) is -0.493. The zero-order valence-corrected chi connectivity index (χ0v) is 16.8. The average molecular weight is 402 g/mol. The summed E-state index contributed by atoms with van der Waals surface area (Å²) in [7, 11) is 0. The largest absolute Gasteiger partial charge is 0.348 e. The van der Waals surface area contributed by atoms with Gasteiger partial charge >= 0.3 is 0 Å². The number of aromatic amines is 1. The summed E-state index contributed by atoms with van der Waals surface area (Å²) in [6, 6.07) is 7.56. The molecule has 1 amide bonds. The number of aromatic nitrogens is 1. The van der Waals surface area contributed by atoms with Crippen LogP contribution in [-0.2, 0) is 26.1 Å². The Hall–Kier alpha value is -2.44. The number of H-pyrrole nitrogens is 1. The molecule has 1 aliphatic carbocycles. The number of rotatable bonds is 3. The number of hydrogen-bond acceptors (Lipinski definition) is 4. The molecule has 2 heterocycles. The molecule has 6 nitrogen and oxygen atoms in total. The van der Waals surface area contributed by atoms with E-state index in [1.165, 1.54) is 17.2 Å². The number of ketones is 1. The minimum absolute atomic E-state index is 0. The van der Waals surface area contributed by atoms with Gasteiger partial charge in [0, 0.05) is 37.3 Å². The lowest BCUT2D eigenvalue weighted by Gasteiger charge is -2.29. The lowest BCUT2D eigenvalue weighted by Crippen LogP contribution is -2.34. The first-order valence-corrected chi connectivity index (χ1v) is 9.21. The van der Waals surface area contributed by atoms with Crippen LogP contribution in [0.15, 0.2) is 29.1 Å². The van der Waals surface area contributed by atoms with Gasteiger partial charge in [-0.05, 0) is 34.6 Å². The van der Waals surface area contributed by atoms with E-state index in [4.69, 9.17) is 0 Å². The normalized spacial score (nSPS) is 16.7. The van der Waals surface area contributed by atoms with E-state index in [1.807, 2.05) is 19.9 Å². The van der Waals surface area contributed by atoms with Crippen LogP contribution in [0.3, 0.4) is 0 Å². The highest BCUT2D eigenvalue weighted by molar-refractivity contribution is 6.02. The quantitative estimate of drug-likeness (QED) is 0.736. The molecule has 0 saturated heterocycles. The van der Waals surface area contributed by atoms with Crippen LogP contribution in [0, 0.1) is 5.41 Å². The number of carbonyl (C=O) groups is 2. The van der Waals surface area contributed by atoms with Crippen molar-refractivity contribution in [3.8, 4) is 0 Å². The third-order valence-electron chi connectivity index (χ3n) is 5.32. The summed E-state index contributed by atoms with van der Waals surface area (Å²) in [5, 5.41) is 6.08. The minimum atomic E-state index is -0.463. The molecule has 4 rings (SSSR count). The summed E-state index contributed by atoms with van der Waals surface area (Å²) in [4.78, 5) is 40.1. The van der Waals surface area contributed by atoms with E-state index < -0.39 is 11.5 Å². The van der Waals surface area contributed by atoms with Crippen LogP contribution in [-0.4, -0.2) is 16.7 Å². The second-order valence-corrected chi connectivity index (χ2v) is 8.23. The predicted octanol–water partition coefficient (Wildman–Crippen LogP) is 2.49. The van der Waals surface area contributed by atoms with Gasteiger partial charge in [-0.25, -0.2) is 0 Å². The lowest BCUT2D eigenvalue weighted by atomic mass is 9.75. The molecule has 0 spiro atoms. The van der Waals surface area contributed by atoms with Crippen LogP contribution >= 0.6 is 12.4 Å². The van der Waals surface area contributed by atoms with E-state index in [-0.39, 0.29) is 29.2 Å². The van der Waals surface area contributed by atoms with Crippen molar-refractivity contribution in [2.45, 2.75) is 46.3 Å². The second-order valence-electron chi connectivity index (χ2n) is 8.23. The van der Waals surface area contributed by atoms with E-state index in [9.17, 15) is 14.4 Å². The van der Waals surface area contributed by atoms with E-state index in [0.29, 0.717) is 30.6 Å². The number of carbonyl (C=O) groups excluding carboxylic acids is 2. The number of fused-ring (bicyclic) bond motifs is 2. The highest BCUT2D eigenvalue weighted by Gasteiger charge is 2.32.